The molecule has 2 rings (SSSR count). The summed E-state index contributed by atoms with van der Waals surface area (Å²) in [6.45, 7) is 2.20. The van der Waals surface area contributed by atoms with Gasteiger partial charge in [-0.05, 0) is 31.1 Å². The Balaban J connectivity index is 2.03. The number of nitrogens with one attached hydrogen (secondary N) is 1. The van der Waals surface area contributed by atoms with Crippen LogP contribution in [0.2, 0.25) is 0 Å². The Bertz CT molecular complexity index is 215. The number of amides is 1. The van der Waals surface area contributed by atoms with E-state index >= 15 is 0 Å². The van der Waals surface area contributed by atoms with Crippen LogP contribution in [0.25, 0.3) is 0 Å². The molecule has 0 aliphatic carbocycles. The number of carbonyl (C=O) groups is 1. The third-order valence-electron chi connectivity index (χ3n) is 3.41. The molecule has 2 bridgehead atoms. The number of rotatable bonds is 2. The topological polar surface area (TPSA) is 55.1 Å². The Morgan fingerprint density at radius 1 is 1.46 bits per heavy atom. The maximum atomic E-state index is 10.9. The Morgan fingerprint density at radius 2 is 2.00 bits per heavy atom. The first kappa shape index (κ1) is 9.00. The highest BCUT2D eigenvalue weighted by molar-refractivity contribution is 5.74. The van der Waals surface area contributed by atoms with Gasteiger partial charge >= 0.3 is 0 Å². The van der Waals surface area contributed by atoms with Gasteiger partial charge < -0.3 is 11.1 Å². The van der Waals surface area contributed by atoms with E-state index in [4.69, 9.17) is 5.73 Å². The number of nitrogens with two attached hydrogens (primary N) is 1. The summed E-state index contributed by atoms with van der Waals surface area (Å²) in [7, 11) is 0. The van der Waals surface area contributed by atoms with Gasteiger partial charge in [0.2, 0.25) is 5.91 Å². The van der Waals surface area contributed by atoms with Crippen molar-refractivity contribution < 1.29 is 4.79 Å². The molecular formula is C10H18N2O. The summed E-state index contributed by atoms with van der Waals surface area (Å²) in [4.78, 5) is 10.9. The van der Waals surface area contributed by atoms with Gasteiger partial charge in [-0.1, -0.05) is 6.92 Å². The molecule has 0 aromatic rings. The smallest absolute Gasteiger partial charge is 0.217 e. The van der Waals surface area contributed by atoms with E-state index in [0.29, 0.717) is 18.5 Å². The highest BCUT2D eigenvalue weighted by atomic mass is 16.1. The minimum atomic E-state index is -0.149. The monoisotopic (exact) mass is 182 g/mol. The molecule has 2 fully saturated rings. The largest absolute Gasteiger partial charge is 0.370 e. The normalized spacial score (nSPS) is 43.5. The van der Waals surface area contributed by atoms with E-state index in [9.17, 15) is 4.79 Å². The minimum Gasteiger partial charge on any atom is -0.370 e. The Kier molecular flexibility index (Phi) is 2.06. The van der Waals surface area contributed by atoms with Crippen molar-refractivity contribution in [2.24, 2.45) is 11.1 Å². The number of fused-ring (bicyclic) bond motifs is 2. The number of carbonyl (C=O) groups excluding carboxylic acids is 1. The molecule has 3 atom stereocenters. The molecule has 13 heavy (non-hydrogen) atoms. The van der Waals surface area contributed by atoms with Crippen LogP contribution in [0.4, 0.5) is 0 Å². The van der Waals surface area contributed by atoms with Crippen LogP contribution in [0.3, 0.4) is 0 Å². The zero-order chi connectivity index (χ0) is 9.47. The van der Waals surface area contributed by atoms with Gasteiger partial charge in [-0.25, -0.2) is 0 Å². The Morgan fingerprint density at radius 3 is 2.46 bits per heavy atom. The van der Waals surface area contributed by atoms with Crippen LogP contribution >= 0.6 is 0 Å². The van der Waals surface area contributed by atoms with Crippen LogP contribution in [0, 0.1) is 5.41 Å². The molecule has 0 radical (unpaired) electrons. The average Bonchev–Trinajstić information content (AvgIpc) is 2.27. The van der Waals surface area contributed by atoms with E-state index in [-0.39, 0.29) is 11.3 Å². The van der Waals surface area contributed by atoms with Crippen molar-refractivity contribution >= 4 is 5.91 Å². The first-order valence-corrected chi connectivity index (χ1v) is 5.12. The second-order valence-corrected chi connectivity index (χ2v) is 5.00. The Hall–Kier alpha value is -0.570. The molecule has 2 aliphatic rings. The van der Waals surface area contributed by atoms with Gasteiger partial charge in [0.15, 0.2) is 0 Å². The van der Waals surface area contributed by atoms with Gasteiger partial charge in [-0.2, -0.15) is 0 Å². The van der Waals surface area contributed by atoms with Gasteiger partial charge in [-0.15, -0.1) is 0 Å². The molecule has 74 valence electrons. The van der Waals surface area contributed by atoms with Crippen LogP contribution in [0.5, 0.6) is 0 Å². The number of primary amides is 1. The average molecular weight is 182 g/mol. The molecular weight excluding hydrogens is 164 g/mol. The van der Waals surface area contributed by atoms with E-state index in [1.807, 2.05) is 0 Å². The third-order valence-corrected chi connectivity index (χ3v) is 3.41. The lowest BCUT2D eigenvalue weighted by Gasteiger charge is -2.37. The van der Waals surface area contributed by atoms with Crippen molar-refractivity contribution in [2.75, 3.05) is 0 Å². The van der Waals surface area contributed by atoms with Crippen molar-refractivity contribution in [3.63, 3.8) is 0 Å². The summed E-state index contributed by atoms with van der Waals surface area (Å²) >= 11 is 0. The predicted octanol–water partition coefficient (Wildman–Crippen LogP) is 0.782. The fourth-order valence-electron chi connectivity index (χ4n) is 3.06. The second kappa shape index (κ2) is 2.98. The van der Waals surface area contributed by atoms with E-state index < -0.39 is 0 Å². The van der Waals surface area contributed by atoms with Gasteiger partial charge in [0, 0.05) is 18.5 Å². The molecule has 0 saturated carbocycles. The molecule has 0 spiro atoms. The lowest BCUT2D eigenvalue weighted by molar-refractivity contribution is -0.120. The highest BCUT2D eigenvalue weighted by Gasteiger charge is 2.41. The molecule has 2 saturated heterocycles. The SMILES string of the molecule is C[C@@]1(CC(N)=O)C[C@H]2CC[C@@H](C1)N2. The van der Waals surface area contributed by atoms with Gasteiger partial charge in [-0.3, -0.25) is 4.79 Å². The second-order valence-electron chi connectivity index (χ2n) is 5.00. The zero-order valence-electron chi connectivity index (χ0n) is 8.18. The molecule has 0 unspecified atom stereocenters. The molecule has 2 aliphatic heterocycles. The molecule has 2 heterocycles. The predicted molar refractivity (Wildman–Crippen MR) is 51.1 cm³/mol. The van der Waals surface area contributed by atoms with E-state index in [0.717, 1.165) is 12.8 Å². The quantitative estimate of drug-likeness (QED) is 0.663. The van der Waals surface area contributed by atoms with Crippen molar-refractivity contribution in [1.82, 2.24) is 5.32 Å². The zero-order valence-corrected chi connectivity index (χ0v) is 8.18. The van der Waals surface area contributed by atoms with Crippen molar-refractivity contribution in [3.05, 3.63) is 0 Å². The van der Waals surface area contributed by atoms with Crippen molar-refractivity contribution in [1.29, 1.82) is 0 Å². The summed E-state index contributed by atoms with van der Waals surface area (Å²) < 4.78 is 0. The molecule has 3 nitrogen and oxygen atoms in total. The summed E-state index contributed by atoms with van der Waals surface area (Å²) in [5.74, 6) is -0.149. The van der Waals surface area contributed by atoms with Crippen LogP contribution in [0.1, 0.15) is 39.0 Å². The standard InChI is InChI=1S/C10H18N2O/c1-10(6-9(11)13)4-7-2-3-8(5-10)12-7/h7-8,12H,2-6H2,1H3,(H2,11,13)/t7-,8+,10-. The lowest BCUT2D eigenvalue weighted by atomic mass is 9.75. The number of hydrogen-bond donors (Lipinski definition) is 2. The van der Waals surface area contributed by atoms with Crippen LogP contribution in [-0.4, -0.2) is 18.0 Å². The van der Waals surface area contributed by atoms with Gasteiger partial charge in [0.25, 0.3) is 0 Å². The molecule has 0 aromatic carbocycles. The first-order valence-electron chi connectivity index (χ1n) is 5.12. The minimum absolute atomic E-state index is 0.149. The van der Waals surface area contributed by atoms with Crippen molar-refractivity contribution in [3.8, 4) is 0 Å². The maximum absolute atomic E-state index is 10.9. The summed E-state index contributed by atoms with van der Waals surface area (Å²) in [5, 5.41) is 3.57. The van der Waals surface area contributed by atoms with E-state index in [1.165, 1.54) is 12.8 Å². The van der Waals surface area contributed by atoms with Gasteiger partial charge in [0.05, 0.1) is 0 Å². The van der Waals surface area contributed by atoms with Crippen LogP contribution in [-0.2, 0) is 4.79 Å². The van der Waals surface area contributed by atoms with Crippen LogP contribution in [0.15, 0.2) is 0 Å². The Labute approximate surface area is 79.1 Å². The molecule has 0 aromatic heterocycles. The highest BCUT2D eigenvalue weighted by Crippen LogP contribution is 2.41. The lowest BCUT2D eigenvalue weighted by Crippen LogP contribution is -2.44. The van der Waals surface area contributed by atoms with E-state index in [2.05, 4.69) is 12.2 Å². The third kappa shape index (κ3) is 1.85. The molecule has 3 heteroatoms. The summed E-state index contributed by atoms with van der Waals surface area (Å²) in [6.07, 6.45) is 5.35. The molecule has 1 amide bonds. The van der Waals surface area contributed by atoms with Crippen molar-refractivity contribution in [2.45, 2.75) is 51.1 Å². The number of piperidine rings is 1. The maximum Gasteiger partial charge on any atom is 0.217 e. The van der Waals surface area contributed by atoms with Crippen LogP contribution < -0.4 is 11.1 Å². The summed E-state index contributed by atoms with van der Waals surface area (Å²) in [6, 6.07) is 1.28. The first-order chi connectivity index (χ1) is 6.07. The molecule has 3 N–H and O–H groups in total. The van der Waals surface area contributed by atoms with Gasteiger partial charge in [0.1, 0.15) is 0 Å². The fourth-order valence-corrected chi connectivity index (χ4v) is 3.06. The number of hydrogen-bond acceptors (Lipinski definition) is 2. The summed E-state index contributed by atoms with van der Waals surface area (Å²) in [5.41, 5.74) is 5.43. The fraction of sp³-hybridized carbons (Fsp3) is 0.900. The van der Waals surface area contributed by atoms with E-state index in [1.54, 1.807) is 0 Å².